The molecule has 1 aromatic carbocycles. The van der Waals surface area contributed by atoms with Gasteiger partial charge in [-0.2, -0.15) is 0 Å². The third kappa shape index (κ3) is 3.72. The normalized spacial score (nSPS) is 18.6. The Bertz CT molecular complexity index is 344. The van der Waals surface area contributed by atoms with Gasteiger partial charge in [-0.1, -0.05) is 12.1 Å². The average Bonchev–Trinajstić information content (AvgIpc) is 2.46. The standard InChI is InChI=1S/C15H23NO2/c1-13(16-9-11-18-12-10-16)3-4-14-5-7-15(17-2)8-6-14/h5-8,13H,3-4,9-12H2,1-2H3/p+1/t13-/m1/s1. The third-order valence-corrected chi connectivity index (χ3v) is 3.86. The van der Waals surface area contributed by atoms with Crippen LogP contribution in [0.25, 0.3) is 0 Å². The lowest BCUT2D eigenvalue weighted by atomic mass is 10.0. The molecule has 0 radical (unpaired) electrons. The summed E-state index contributed by atoms with van der Waals surface area (Å²) in [5.41, 5.74) is 1.40. The van der Waals surface area contributed by atoms with E-state index >= 15 is 0 Å². The van der Waals surface area contributed by atoms with Gasteiger partial charge in [0.2, 0.25) is 0 Å². The number of hydrogen-bond donors (Lipinski definition) is 1. The van der Waals surface area contributed by atoms with E-state index in [1.165, 1.54) is 12.0 Å². The fourth-order valence-corrected chi connectivity index (χ4v) is 2.51. The van der Waals surface area contributed by atoms with Crippen LogP contribution in [0.3, 0.4) is 0 Å². The van der Waals surface area contributed by atoms with E-state index in [1.54, 1.807) is 12.0 Å². The van der Waals surface area contributed by atoms with Gasteiger partial charge < -0.3 is 14.4 Å². The van der Waals surface area contributed by atoms with E-state index in [0.29, 0.717) is 0 Å². The molecule has 18 heavy (non-hydrogen) atoms. The second-order valence-electron chi connectivity index (χ2n) is 5.06. The Labute approximate surface area is 110 Å². The summed E-state index contributed by atoms with van der Waals surface area (Å²) >= 11 is 0. The van der Waals surface area contributed by atoms with E-state index in [9.17, 15) is 0 Å². The molecule has 1 atom stereocenters. The van der Waals surface area contributed by atoms with Gasteiger partial charge in [-0.05, 0) is 31.0 Å². The Hall–Kier alpha value is -1.06. The lowest BCUT2D eigenvalue weighted by Gasteiger charge is -2.29. The number of rotatable bonds is 5. The van der Waals surface area contributed by atoms with E-state index in [1.807, 2.05) is 12.1 Å². The maximum absolute atomic E-state index is 5.40. The molecule has 0 saturated carbocycles. The predicted octanol–water partition coefficient (Wildman–Crippen LogP) is 0.931. The number of nitrogens with one attached hydrogen (secondary N) is 1. The zero-order valence-electron chi connectivity index (χ0n) is 11.4. The number of morpholine rings is 1. The molecule has 0 aromatic heterocycles. The molecule has 1 aromatic rings. The number of aryl methyl sites for hydroxylation is 1. The van der Waals surface area contributed by atoms with Gasteiger partial charge in [0.15, 0.2) is 0 Å². The smallest absolute Gasteiger partial charge is 0.118 e. The van der Waals surface area contributed by atoms with Crippen molar-refractivity contribution in [3.05, 3.63) is 29.8 Å². The second-order valence-corrected chi connectivity index (χ2v) is 5.06. The van der Waals surface area contributed by atoms with Crippen LogP contribution in [0.2, 0.25) is 0 Å². The van der Waals surface area contributed by atoms with Crippen molar-refractivity contribution < 1.29 is 14.4 Å². The monoisotopic (exact) mass is 250 g/mol. The van der Waals surface area contributed by atoms with E-state index in [4.69, 9.17) is 9.47 Å². The van der Waals surface area contributed by atoms with Crippen molar-refractivity contribution in [1.82, 2.24) is 0 Å². The van der Waals surface area contributed by atoms with E-state index < -0.39 is 0 Å². The van der Waals surface area contributed by atoms with Crippen LogP contribution in [0.1, 0.15) is 18.9 Å². The summed E-state index contributed by atoms with van der Waals surface area (Å²) in [6.45, 7) is 6.50. The Morgan fingerprint density at radius 2 is 1.89 bits per heavy atom. The summed E-state index contributed by atoms with van der Waals surface area (Å²) in [6.07, 6.45) is 2.39. The number of benzene rings is 1. The van der Waals surface area contributed by atoms with Gasteiger partial charge in [0.1, 0.15) is 18.8 Å². The Kier molecular flexibility index (Phi) is 5.02. The molecule has 1 fully saturated rings. The highest BCUT2D eigenvalue weighted by Gasteiger charge is 2.20. The third-order valence-electron chi connectivity index (χ3n) is 3.86. The van der Waals surface area contributed by atoms with Gasteiger partial charge in [0, 0.05) is 6.42 Å². The maximum atomic E-state index is 5.40. The van der Waals surface area contributed by atoms with Crippen molar-refractivity contribution in [3.8, 4) is 5.75 Å². The van der Waals surface area contributed by atoms with Crippen molar-refractivity contribution in [2.24, 2.45) is 0 Å². The number of quaternary nitrogens is 1. The number of ether oxygens (including phenoxy) is 2. The number of methoxy groups -OCH3 is 1. The van der Waals surface area contributed by atoms with Crippen molar-refractivity contribution in [3.63, 3.8) is 0 Å². The zero-order chi connectivity index (χ0) is 12.8. The Balaban J connectivity index is 1.78. The van der Waals surface area contributed by atoms with E-state index in [2.05, 4.69) is 19.1 Å². The first-order chi connectivity index (χ1) is 8.79. The first-order valence-corrected chi connectivity index (χ1v) is 6.85. The predicted molar refractivity (Wildman–Crippen MR) is 72.3 cm³/mol. The highest BCUT2D eigenvalue weighted by atomic mass is 16.5. The van der Waals surface area contributed by atoms with Crippen molar-refractivity contribution >= 4 is 0 Å². The Morgan fingerprint density at radius 3 is 2.50 bits per heavy atom. The molecule has 0 amide bonds. The van der Waals surface area contributed by atoms with Crippen LogP contribution in [-0.2, 0) is 11.2 Å². The Morgan fingerprint density at radius 1 is 1.22 bits per heavy atom. The molecule has 1 saturated heterocycles. The number of hydrogen-bond acceptors (Lipinski definition) is 2. The first kappa shape index (κ1) is 13.4. The van der Waals surface area contributed by atoms with Gasteiger partial charge in [0.05, 0.1) is 26.4 Å². The minimum atomic E-state index is 0.719. The molecule has 3 nitrogen and oxygen atoms in total. The molecule has 1 aliphatic heterocycles. The summed E-state index contributed by atoms with van der Waals surface area (Å²) < 4.78 is 10.6. The zero-order valence-corrected chi connectivity index (χ0v) is 11.4. The van der Waals surface area contributed by atoms with Crippen LogP contribution >= 0.6 is 0 Å². The average molecular weight is 250 g/mol. The van der Waals surface area contributed by atoms with Crippen LogP contribution in [0.5, 0.6) is 5.75 Å². The van der Waals surface area contributed by atoms with Crippen LogP contribution in [0.15, 0.2) is 24.3 Å². The molecular formula is C15H24NO2+. The van der Waals surface area contributed by atoms with Crippen LogP contribution in [-0.4, -0.2) is 39.5 Å². The maximum Gasteiger partial charge on any atom is 0.118 e. The fourth-order valence-electron chi connectivity index (χ4n) is 2.51. The van der Waals surface area contributed by atoms with Gasteiger partial charge >= 0.3 is 0 Å². The lowest BCUT2D eigenvalue weighted by molar-refractivity contribution is -0.931. The largest absolute Gasteiger partial charge is 0.497 e. The van der Waals surface area contributed by atoms with Crippen molar-refractivity contribution in [2.75, 3.05) is 33.4 Å². The SMILES string of the molecule is COc1ccc(CC[C@@H](C)[NH+]2CCOCC2)cc1. The molecule has 0 unspecified atom stereocenters. The molecule has 100 valence electrons. The highest BCUT2D eigenvalue weighted by Crippen LogP contribution is 2.12. The van der Waals surface area contributed by atoms with Gasteiger partial charge in [0.25, 0.3) is 0 Å². The van der Waals surface area contributed by atoms with E-state index in [-0.39, 0.29) is 0 Å². The fraction of sp³-hybridized carbons (Fsp3) is 0.600. The quantitative estimate of drug-likeness (QED) is 0.840. The molecular weight excluding hydrogens is 226 g/mol. The lowest BCUT2D eigenvalue weighted by Crippen LogP contribution is -3.17. The minimum absolute atomic E-state index is 0.719. The summed E-state index contributed by atoms with van der Waals surface area (Å²) in [5.74, 6) is 0.936. The van der Waals surface area contributed by atoms with Gasteiger partial charge in [-0.25, -0.2) is 0 Å². The van der Waals surface area contributed by atoms with Gasteiger partial charge in [-0.3, -0.25) is 0 Å². The van der Waals surface area contributed by atoms with Crippen LogP contribution < -0.4 is 9.64 Å². The molecule has 3 heteroatoms. The van der Waals surface area contributed by atoms with Gasteiger partial charge in [-0.15, -0.1) is 0 Å². The van der Waals surface area contributed by atoms with Crippen LogP contribution in [0.4, 0.5) is 0 Å². The van der Waals surface area contributed by atoms with Crippen LogP contribution in [0, 0.1) is 0 Å². The molecule has 1 aliphatic rings. The van der Waals surface area contributed by atoms with E-state index in [0.717, 1.165) is 44.5 Å². The molecule has 0 spiro atoms. The van der Waals surface area contributed by atoms with Crippen molar-refractivity contribution in [2.45, 2.75) is 25.8 Å². The molecule has 1 heterocycles. The summed E-state index contributed by atoms with van der Waals surface area (Å²) in [6, 6.07) is 9.14. The first-order valence-electron chi connectivity index (χ1n) is 6.85. The highest BCUT2D eigenvalue weighted by molar-refractivity contribution is 5.27. The molecule has 0 aliphatic carbocycles. The van der Waals surface area contributed by atoms with Crippen molar-refractivity contribution in [1.29, 1.82) is 0 Å². The topological polar surface area (TPSA) is 22.9 Å². The second kappa shape index (κ2) is 6.76. The summed E-state index contributed by atoms with van der Waals surface area (Å²) in [5, 5.41) is 0. The summed E-state index contributed by atoms with van der Waals surface area (Å²) in [7, 11) is 1.71. The minimum Gasteiger partial charge on any atom is -0.497 e. The summed E-state index contributed by atoms with van der Waals surface area (Å²) in [4.78, 5) is 1.69. The molecule has 1 N–H and O–H groups in total. The molecule has 0 bridgehead atoms. The molecule has 2 rings (SSSR count).